The van der Waals surface area contributed by atoms with Crippen molar-refractivity contribution in [3.05, 3.63) is 29.3 Å². The Balaban J connectivity index is 2.15. The number of aryl methyl sites for hydroxylation is 1. The average molecular weight is 206 g/mol. The molecule has 1 aliphatic heterocycles. The van der Waals surface area contributed by atoms with Gasteiger partial charge in [0.15, 0.2) is 6.10 Å². The van der Waals surface area contributed by atoms with Gasteiger partial charge in [0, 0.05) is 6.42 Å². The van der Waals surface area contributed by atoms with Crippen LogP contribution in [0.1, 0.15) is 18.1 Å². The van der Waals surface area contributed by atoms with Gasteiger partial charge in [0.05, 0.1) is 6.61 Å². The fourth-order valence-corrected chi connectivity index (χ4v) is 1.79. The molecule has 1 heterocycles. The second kappa shape index (κ2) is 3.93. The highest BCUT2D eigenvalue weighted by molar-refractivity contribution is 5.77. The van der Waals surface area contributed by atoms with E-state index in [1.807, 2.05) is 25.1 Å². The number of ether oxygens (including phenoxy) is 2. The number of carbonyl (C=O) groups is 1. The van der Waals surface area contributed by atoms with E-state index >= 15 is 0 Å². The molecule has 0 fully saturated rings. The van der Waals surface area contributed by atoms with E-state index in [0.717, 1.165) is 16.9 Å². The maximum Gasteiger partial charge on any atom is 0.347 e. The van der Waals surface area contributed by atoms with Crippen molar-refractivity contribution >= 4 is 5.97 Å². The van der Waals surface area contributed by atoms with Crippen LogP contribution in [0.5, 0.6) is 5.75 Å². The molecule has 1 unspecified atom stereocenters. The molecule has 0 aromatic heterocycles. The Morgan fingerprint density at radius 1 is 1.60 bits per heavy atom. The van der Waals surface area contributed by atoms with Crippen LogP contribution in [-0.2, 0) is 16.0 Å². The van der Waals surface area contributed by atoms with Gasteiger partial charge in [-0.15, -0.1) is 0 Å². The molecule has 80 valence electrons. The number of hydrogen-bond donors (Lipinski definition) is 0. The lowest BCUT2D eigenvalue weighted by molar-refractivity contribution is -0.150. The summed E-state index contributed by atoms with van der Waals surface area (Å²) in [5.74, 6) is 0.573. The Morgan fingerprint density at radius 3 is 3.07 bits per heavy atom. The first kappa shape index (κ1) is 10.0. The van der Waals surface area contributed by atoms with Crippen LogP contribution in [0.4, 0.5) is 0 Å². The fourth-order valence-electron chi connectivity index (χ4n) is 1.79. The van der Waals surface area contributed by atoms with Crippen molar-refractivity contribution in [1.29, 1.82) is 0 Å². The summed E-state index contributed by atoms with van der Waals surface area (Å²) in [6, 6.07) is 5.94. The van der Waals surface area contributed by atoms with Crippen molar-refractivity contribution in [3.63, 3.8) is 0 Å². The number of benzene rings is 1. The van der Waals surface area contributed by atoms with E-state index in [-0.39, 0.29) is 5.97 Å². The summed E-state index contributed by atoms with van der Waals surface area (Å²) in [7, 11) is 0. The molecule has 0 N–H and O–H groups in total. The van der Waals surface area contributed by atoms with Crippen LogP contribution in [0.2, 0.25) is 0 Å². The number of carbonyl (C=O) groups excluding carboxylic acids is 1. The normalized spacial score (nSPS) is 18.1. The third-order valence-corrected chi connectivity index (χ3v) is 2.51. The molecule has 15 heavy (non-hydrogen) atoms. The first-order valence-corrected chi connectivity index (χ1v) is 5.14. The molecule has 3 nitrogen and oxygen atoms in total. The highest BCUT2D eigenvalue weighted by atomic mass is 16.6. The molecule has 1 aromatic carbocycles. The number of fused-ring (bicyclic) bond motifs is 1. The molecular weight excluding hydrogens is 192 g/mol. The molecule has 1 aliphatic rings. The summed E-state index contributed by atoms with van der Waals surface area (Å²) in [4.78, 5) is 11.5. The number of para-hydroxylation sites is 1. The zero-order chi connectivity index (χ0) is 10.8. The number of rotatable bonds is 2. The molecule has 0 spiro atoms. The Hall–Kier alpha value is -1.51. The molecule has 0 amide bonds. The molecular formula is C12H14O3. The van der Waals surface area contributed by atoms with Crippen LogP contribution < -0.4 is 4.74 Å². The lowest BCUT2D eigenvalue weighted by Crippen LogP contribution is -2.27. The van der Waals surface area contributed by atoms with Gasteiger partial charge >= 0.3 is 5.97 Å². The summed E-state index contributed by atoms with van der Waals surface area (Å²) in [6.07, 6.45) is 0.164. The van der Waals surface area contributed by atoms with Gasteiger partial charge in [0.2, 0.25) is 0 Å². The minimum absolute atomic E-state index is 0.270. The van der Waals surface area contributed by atoms with E-state index in [1.54, 1.807) is 6.92 Å². The van der Waals surface area contributed by atoms with Crippen LogP contribution in [0.3, 0.4) is 0 Å². The zero-order valence-corrected chi connectivity index (χ0v) is 8.95. The molecule has 0 radical (unpaired) electrons. The van der Waals surface area contributed by atoms with Crippen molar-refractivity contribution in [2.24, 2.45) is 0 Å². The van der Waals surface area contributed by atoms with Crippen molar-refractivity contribution in [1.82, 2.24) is 0 Å². The fraction of sp³-hybridized carbons (Fsp3) is 0.417. The molecule has 0 saturated heterocycles. The van der Waals surface area contributed by atoms with E-state index in [2.05, 4.69) is 0 Å². The smallest absolute Gasteiger partial charge is 0.347 e. The van der Waals surface area contributed by atoms with Gasteiger partial charge in [-0.2, -0.15) is 0 Å². The molecule has 0 saturated carbocycles. The second-order valence-corrected chi connectivity index (χ2v) is 3.63. The number of esters is 1. The second-order valence-electron chi connectivity index (χ2n) is 3.63. The predicted molar refractivity (Wildman–Crippen MR) is 55.9 cm³/mol. The van der Waals surface area contributed by atoms with E-state index < -0.39 is 6.10 Å². The average Bonchev–Trinajstić information content (AvgIpc) is 2.63. The van der Waals surface area contributed by atoms with Crippen molar-refractivity contribution in [2.75, 3.05) is 6.61 Å². The number of hydrogen-bond acceptors (Lipinski definition) is 3. The largest absolute Gasteiger partial charge is 0.478 e. The monoisotopic (exact) mass is 206 g/mol. The van der Waals surface area contributed by atoms with Crippen molar-refractivity contribution < 1.29 is 14.3 Å². The topological polar surface area (TPSA) is 35.5 Å². The van der Waals surface area contributed by atoms with Crippen LogP contribution >= 0.6 is 0 Å². The van der Waals surface area contributed by atoms with Crippen molar-refractivity contribution in [2.45, 2.75) is 26.4 Å². The maximum absolute atomic E-state index is 11.5. The minimum Gasteiger partial charge on any atom is -0.478 e. The van der Waals surface area contributed by atoms with E-state index in [9.17, 15) is 4.79 Å². The molecule has 2 rings (SSSR count). The molecule has 0 bridgehead atoms. The van der Waals surface area contributed by atoms with Gasteiger partial charge in [-0.25, -0.2) is 4.79 Å². The zero-order valence-electron chi connectivity index (χ0n) is 8.95. The Morgan fingerprint density at radius 2 is 2.40 bits per heavy atom. The quantitative estimate of drug-likeness (QED) is 0.693. The summed E-state index contributed by atoms with van der Waals surface area (Å²) in [5.41, 5.74) is 2.16. The lowest BCUT2D eigenvalue weighted by atomic mass is 10.1. The van der Waals surface area contributed by atoms with E-state index in [4.69, 9.17) is 9.47 Å². The molecule has 1 aromatic rings. The van der Waals surface area contributed by atoms with Crippen LogP contribution in [0.15, 0.2) is 18.2 Å². The first-order valence-electron chi connectivity index (χ1n) is 5.14. The third kappa shape index (κ3) is 1.82. The van der Waals surface area contributed by atoms with Gasteiger partial charge in [-0.05, 0) is 25.0 Å². The van der Waals surface area contributed by atoms with Gasteiger partial charge < -0.3 is 9.47 Å². The Kier molecular flexibility index (Phi) is 2.62. The Labute approximate surface area is 89.0 Å². The van der Waals surface area contributed by atoms with Gasteiger partial charge in [-0.3, -0.25) is 0 Å². The third-order valence-electron chi connectivity index (χ3n) is 2.51. The Bertz CT molecular complexity index is 384. The van der Waals surface area contributed by atoms with E-state index in [0.29, 0.717) is 13.0 Å². The first-order chi connectivity index (χ1) is 7.22. The summed E-state index contributed by atoms with van der Waals surface area (Å²) >= 11 is 0. The van der Waals surface area contributed by atoms with Gasteiger partial charge in [-0.1, -0.05) is 18.2 Å². The maximum atomic E-state index is 11.5. The van der Waals surface area contributed by atoms with Crippen molar-refractivity contribution in [3.8, 4) is 5.75 Å². The van der Waals surface area contributed by atoms with Gasteiger partial charge in [0.25, 0.3) is 0 Å². The van der Waals surface area contributed by atoms with Crippen LogP contribution in [0.25, 0.3) is 0 Å². The van der Waals surface area contributed by atoms with Crippen LogP contribution in [0, 0.1) is 6.92 Å². The highest BCUT2D eigenvalue weighted by Crippen LogP contribution is 2.32. The van der Waals surface area contributed by atoms with E-state index in [1.165, 1.54) is 0 Å². The van der Waals surface area contributed by atoms with Gasteiger partial charge in [0.1, 0.15) is 5.75 Å². The standard InChI is InChI=1S/C12H14O3/c1-3-14-12(13)10-7-9-6-4-5-8(2)11(9)15-10/h4-6,10H,3,7H2,1-2H3. The SMILES string of the molecule is CCOC(=O)C1Cc2cccc(C)c2O1. The highest BCUT2D eigenvalue weighted by Gasteiger charge is 2.30. The minimum atomic E-state index is -0.457. The summed E-state index contributed by atoms with van der Waals surface area (Å²) in [6.45, 7) is 4.17. The molecule has 1 atom stereocenters. The molecule has 3 heteroatoms. The summed E-state index contributed by atoms with van der Waals surface area (Å²) < 4.78 is 10.5. The summed E-state index contributed by atoms with van der Waals surface area (Å²) in [5, 5.41) is 0. The van der Waals surface area contributed by atoms with Crippen LogP contribution in [-0.4, -0.2) is 18.7 Å². The predicted octanol–water partition coefficient (Wildman–Crippen LogP) is 1.86. The lowest BCUT2D eigenvalue weighted by Gasteiger charge is -2.09. The molecule has 0 aliphatic carbocycles.